The topological polar surface area (TPSA) is 74.7 Å². The second-order valence-electron chi connectivity index (χ2n) is 4.14. The Morgan fingerprint density at radius 3 is 2.44 bits per heavy atom. The molecular formula is C11H12FNO4S. The van der Waals surface area contributed by atoms with E-state index in [0.717, 1.165) is 16.4 Å². The molecule has 5 nitrogen and oxygen atoms in total. The maximum atomic E-state index is 12.7. The third-order valence-corrected chi connectivity index (χ3v) is 4.83. The summed E-state index contributed by atoms with van der Waals surface area (Å²) in [4.78, 5) is 10.8. The zero-order valence-electron chi connectivity index (χ0n) is 9.41. The fourth-order valence-corrected chi connectivity index (χ4v) is 3.40. The molecule has 1 aliphatic heterocycles. The van der Waals surface area contributed by atoms with Crippen LogP contribution in [0.5, 0.6) is 0 Å². The van der Waals surface area contributed by atoms with Crippen LogP contribution in [0.2, 0.25) is 0 Å². The molecule has 0 amide bonds. The van der Waals surface area contributed by atoms with Crippen molar-refractivity contribution in [2.24, 2.45) is 5.92 Å². The van der Waals surface area contributed by atoms with E-state index in [1.54, 1.807) is 0 Å². The fraction of sp³-hybridized carbons (Fsp3) is 0.364. The predicted octanol–water partition coefficient (Wildman–Crippen LogP) is 0.921. The summed E-state index contributed by atoms with van der Waals surface area (Å²) in [6, 6.07) is 4.49. The summed E-state index contributed by atoms with van der Waals surface area (Å²) in [5, 5.41) is 8.83. The number of carboxylic acid groups (broad SMARTS) is 1. The van der Waals surface area contributed by atoms with Crippen LogP contribution in [0.25, 0.3) is 0 Å². The maximum absolute atomic E-state index is 12.7. The molecule has 1 N–H and O–H groups in total. The Morgan fingerprint density at radius 2 is 1.94 bits per heavy atom. The Labute approximate surface area is 104 Å². The second-order valence-corrected chi connectivity index (χ2v) is 6.08. The monoisotopic (exact) mass is 273 g/mol. The first kappa shape index (κ1) is 13.0. The van der Waals surface area contributed by atoms with Gasteiger partial charge in [-0.2, -0.15) is 4.31 Å². The van der Waals surface area contributed by atoms with Gasteiger partial charge in [-0.25, -0.2) is 12.8 Å². The normalized spacial score (nSPS) is 21.1. The minimum atomic E-state index is -3.72. The van der Waals surface area contributed by atoms with Crippen LogP contribution in [0, 0.1) is 11.7 Å². The van der Waals surface area contributed by atoms with Crippen LogP contribution in [-0.2, 0) is 14.8 Å². The predicted molar refractivity (Wildman–Crippen MR) is 60.9 cm³/mol. The van der Waals surface area contributed by atoms with Gasteiger partial charge in [0.05, 0.1) is 10.8 Å². The molecule has 18 heavy (non-hydrogen) atoms. The molecular weight excluding hydrogens is 261 g/mol. The Balaban J connectivity index is 2.22. The minimum absolute atomic E-state index is 0.0186. The standard InChI is InChI=1S/C11H12FNO4S/c12-9-1-3-10(4-2-9)18(16,17)13-6-5-8(7-13)11(14)15/h1-4,8H,5-7H2,(H,14,15)/t8-/m0/s1. The Morgan fingerprint density at radius 1 is 1.33 bits per heavy atom. The number of sulfonamides is 1. The Kier molecular flexibility index (Phi) is 3.36. The zero-order valence-corrected chi connectivity index (χ0v) is 10.2. The average Bonchev–Trinajstić information content (AvgIpc) is 2.79. The smallest absolute Gasteiger partial charge is 0.307 e. The molecule has 1 aromatic rings. The molecule has 1 heterocycles. The maximum Gasteiger partial charge on any atom is 0.307 e. The van der Waals surface area contributed by atoms with Gasteiger partial charge >= 0.3 is 5.97 Å². The number of hydrogen-bond donors (Lipinski definition) is 1. The van der Waals surface area contributed by atoms with Crippen molar-refractivity contribution in [3.8, 4) is 0 Å². The first-order chi connectivity index (χ1) is 8.41. The highest BCUT2D eigenvalue weighted by molar-refractivity contribution is 7.89. The van der Waals surface area contributed by atoms with E-state index >= 15 is 0 Å². The molecule has 0 spiro atoms. The highest BCUT2D eigenvalue weighted by Gasteiger charge is 2.35. The van der Waals surface area contributed by atoms with E-state index < -0.39 is 27.7 Å². The van der Waals surface area contributed by atoms with Gasteiger partial charge in [-0.05, 0) is 30.7 Å². The molecule has 1 aliphatic rings. The van der Waals surface area contributed by atoms with E-state index in [2.05, 4.69) is 0 Å². The molecule has 98 valence electrons. The van der Waals surface area contributed by atoms with Gasteiger partial charge in [-0.1, -0.05) is 0 Å². The first-order valence-electron chi connectivity index (χ1n) is 5.40. The third kappa shape index (κ3) is 2.37. The number of halogens is 1. The van der Waals surface area contributed by atoms with Crippen LogP contribution in [0.3, 0.4) is 0 Å². The van der Waals surface area contributed by atoms with E-state index in [1.165, 1.54) is 12.1 Å². The molecule has 7 heteroatoms. The molecule has 0 radical (unpaired) electrons. The summed E-state index contributed by atoms with van der Waals surface area (Å²) in [7, 11) is -3.72. The lowest BCUT2D eigenvalue weighted by Gasteiger charge is -2.15. The molecule has 0 unspecified atom stereocenters. The van der Waals surface area contributed by atoms with Gasteiger partial charge < -0.3 is 5.11 Å². The van der Waals surface area contributed by atoms with Crippen LogP contribution >= 0.6 is 0 Å². The first-order valence-corrected chi connectivity index (χ1v) is 6.84. The van der Waals surface area contributed by atoms with Crippen molar-refractivity contribution >= 4 is 16.0 Å². The van der Waals surface area contributed by atoms with Crippen LogP contribution in [0.1, 0.15) is 6.42 Å². The SMILES string of the molecule is O=C(O)[C@H]1CCN(S(=O)(=O)c2ccc(F)cc2)C1. The second kappa shape index (κ2) is 4.66. The molecule has 1 atom stereocenters. The zero-order chi connectivity index (χ0) is 13.3. The molecule has 1 fully saturated rings. The minimum Gasteiger partial charge on any atom is -0.481 e. The van der Waals surface area contributed by atoms with Gasteiger partial charge in [-0.3, -0.25) is 4.79 Å². The molecule has 1 saturated heterocycles. The average molecular weight is 273 g/mol. The molecule has 0 aliphatic carbocycles. The number of carboxylic acids is 1. The van der Waals surface area contributed by atoms with Crippen molar-refractivity contribution in [1.82, 2.24) is 4.31 Å². The van der Waals surface area contributed by atoms with Crippen molar-refractivity contribution in [1.29, 1.82) is 0 Å². The van der Waals surface area contributed by atoms with Crippen molar-refractivity contribution in [3.63, 3.8) is 0 Å². The van der Waals surface area contributed by atoms with E-state index in [4.69, 9.17) is 5.11 Å². The summed E-state index contributed by atoms with van der Waals surface area (Å²) in [5.74, 6) is -2.18. The van der Waals surface area contributed by atoms with E-state index in [-0.39, 0.29) is 18.0 Å². The van der Waals surface area contributed by atoms with Crippen molar-refractivity contribution in [2.45, 2.75) is 11.3 Å². The largest absolute Gasteiger partial charge is 0.481 e. The summed E-state index contributed by atoms with van der Waals surface area (Å²) in [5.41, 5.74) is 0. The van der Waals surface area contributed by atoms with Gasteiger partial charge in [0.2, 0.25) is 10.0 Å². The highest BCUT2D eigenvalue weighted by Crippen LogP contribution is 2.24. The van der Waals surface area contributed by atoms with Crippen molar-refractivity contribution < 1.29 is 22.7 Å². The molecule has 2 rings (SSSR count). The molecule has 0 aromatic heterocycles. The number of aliphatic carboxylic acids is 1. The van der Waals surface area contributed by atoms with Crippen LogP contribution in [0.15, 0.2) is 29.2 Å². The summed E-state index contributed by atoms with van der Waals surface area (Å²) in [6.45, 7) is 0.145. The molecule has 1 aromatic carbocycles. The van der Waals surface area contributed by atoms with E-state index in [0.29, 0.717) is 6.42 Å². The lowest BCUT2D eigenvalue weighted by atomic mass is 10.1. The number of nitrogens with zero attached hydrogens (tertiary/aromatic N) is 1. The number of carbonyl (C=O) groups is 1. The summed E-state index contributed by atoms with van der Waals surface area (Å²) < 4.78 is 38.1. The van der Waals surface area contributed by atoms with Gasteiger partial charge in [0, 0.05) is 13.1 Å². The summed E-state index contributed by atoms with van der Waals surface area (Å²) >= 11 is 0. The Hall–Kier alpha value is -1.47. The lowest BCUT2D eigenvalue weighted by Crippen LogP contribution is -2.30. The van der Waals surface area contributed by atoms with Crippen LogP contribution in [0.4, 0.5) is 4.39 Å². The quantitative estimate of drug-likeness (QED) is 0.888. The third-order valence-electron chi connectivity index (χ3n) is 2.95. The van der Waals surface area contributed by atoms with Gasteiger partial charge in [0.1, 0.15) is 5.82 Å². The Bertz CT molecular complexity index is 555. The van der Waals surface area contributed by atoms with Crippen molar-refractivity contribution in [3.05, 3.63) is 30.1 Å². The fourth-order valence-electron chi connectivity index (χ4n) is 1.90. The number of hydrogen-bond acceptors (Lipinski definition) is 3. The van der Waals surface area contributed by atoms with E-state index in [9.17, 15) is 17.6 Å². The van der Waals surface area contributed by atoms with Crippen LogP contribution in [-0.4, -0.2) is 36.9 Å². The summed E-state index contributed by atoms with van der Waals surface area (Å²) in [6.07, 6.45) is 0.301. The van der Waals surface area contributed by atoms with Gasteiger partial charge in [0.15, 0.2) is 0 Å². The number of benzene rings is 1. The highest BCUT2D eigenvalue weighted by atomic mass is 32.2. The number of rotatable bonds is 3. The molecule has 0 bridgehead atoms. The molecule has 0 saturated carbocycles. The van der Waals surface area contributed by atoms with Gasteiger partial charge in [-0.15, -0.1) is 0 Å². The van der Waals surface area contributed by atoms with E-state index in [1.807, 2.05) is 0 Å². The van der Waals surface area contributed by atoms with Gasteiger partial charge in [0.25, 0.3) is 0 Å². The lowest BCUT2D eigenvalue weighted by molar-refractivity contribution is -0.141. The van der Waals surface area contributed by atoms with Crippen molar-refractivity contribution in [2.75, 3.05) is 13.1 Å². The van der Waals surface area contributed by atoms with Crippen LogP contribution < -0.4 is 0 Å².